The van der Waals surface area contributed by atoms with Crippen LogP contribution in [0.15, 0.2) is 18.2 Å². The Balaban J connectivity index is 2.54. The monoisotopic (exact) mass is 262 g/mol. The maximum absolute atomic E-state index is 12.0. The number of rotatable bonds is 3. The van der Waals surface area contributed by atoms with Gasteiger partial charge in [-0.15, -0.1) is 0 Å². The standard InChI is InChI=1S/C16H22O3/c1-12-7-8-14(19-2)13(11-12)16(15(17)18)9-5-3-4-6-10-16/h7-8,11H,3-6,9-10H2,1-2H3,(H,17,18). The van der Waals surface area contributed by atoms with Crippen LogP contribution in [0.1, 0.15) is 49.7 Å². The molecule has 2 rings (SSSR count). The van der Waals surface area contributed by atoms with Gasteiger partial charge in [-0.3, -0.25) is 4.79 Å². The molecule has 0 spiro atoms. The summed E-state index contributed by atoms with van der Waals surface area (Å²) in [5, 5.41) is 9.82. The Bertz CT molecular complexity index is 457. The van der Waals surface area contributed by atoms with Crippen LogP contribution in [-0.4, -0.2) is 18.2 Å². The van der Waals surface area contributed by atoms with Crippen LogP contribution in [0.4, 0.5) is 0 Å². The van der Waals surface area contributed by atoms with Gasteiger partial charge in [-0.1, -0.05) is 43.4 Å². The van der Waals surface area contributed by atoms with Gasteiger partial charge in [-0.2, -0.15) is 0 Å². The Morgan fingerprint density at radius 1 is 1.21 bits per heavy atom. The molecular weight excluding hydrogens is 240 g/mol. The summed E-state index contributed by atoms with van der Waals surface area (Å²) in [5.41, 5.74) is 1.17. The molecule has 1 aliphatic rings. The molecule has 0 bridgehead atoms. The zero-order valence-corrected chi connectivity index (χ0v) is 11.7. The lowest BCUT2D eigenvalue weighted by atomic mass is 9.73. The van der Waals surface area contributed by atoms with Gasteiger partial charge in [0.25, 0.3) is 0 Å². The molecule has 1 fully saturated rings. The van der Waals surface area contributed by atoms with E-state index in [-0.39, 0.29) is 0 Å². The number of aryl methyl sites for hydroxylation is 1. The smallest absolute Gasteiger partial charge is 0.314 e. The molecule has 3 heteroatoms. The van der Waals surface area contributed by atoms with Crippen LogP contribution in [0.3, 0.4) is 0 Å². The van der Waals surface area contributed by atoms with Gasteiger partial charge in [-0.05, 0) is 25.8 Å². The second-order valence-corrected chi connectivity index (χ2v) is 5.51. The summed E-state index contributed by atoms with van der Waals surface area (Å²) in [7, 11) is 1.61. The molecule has 1 saturated carbocycles. The Labute approximate surface area is 114 Å². The molecule has 1 N–H and O–H groups in total. The maximum atomic E-state index is 12.0. The fourth-order valence-corrected chi connectivity index (χ4v) is 3.13. The first-order valence-electron chi connectivity index (χ1n) is 6.99. The summed E-state index contributed by atoms with van der Waals surface area (Å²) >= 11 is 0. The van der Waals surface area contributed by atoms with E-state index in [1.807, 2.05) is 25.1 Å². The molecule has 3 nitrogen and oxygen atoms in total. The van der Waals surface area contributed by atoms with Crippen molar-refractivity contribution in [3.63, 3.8) is 0 Å². The van der Waals surface area contributed by atoms with Crippen molar-refractivity contribution < 1.29 is 14.6 Å². The first-order valence-corrected chi connectivity index (χ1v) is 6.99. The average molecular weight is 262 g/mol. The molecule has 1 aliphatic carbocycles. The summed E-state index contributed by atoms with van der Waals surface area (Å²) < 4.78 is 5.41. The molecule has 104 valence electrons. The molecule has 0 aromatic heterocycles. The summed E-state index contributed by atoms with van der Waals surface area (Å²) in [6.07, 6.45) is 5.63. The van der Waals surface area contributed by atoms with Crippen molar-refractivity contribution in [2.45, 2.75) is 50.9 Å². The number of carboxylic acids is 1. The molecule has 0 aliphatic heterocycles. The molecule has 0 atom stereocenters. The molecule has 0 heterocycles. The number of benzene rings is 1. The van der Waals surface area contributed by atoms with E-state index < -0.39 is 11.4 Å². The van der Waals surface area contributed by atoms with Crippen LogP contribution in [-0.2, 0) is 10.2 Å². The minimum absolute atomic E-state index is 0.704. The van der Waals surface area contributed by atoms with Gasteiger partial charge in [0.15, 0.2) is 0 Å². The fourth-order valence-electron chi connectivity index (χ4n) is 3.13. The van der Waals surface area contributed by atoms with E-state index in [2.05, 4.69) is 0 Å². The van der Waals surface area contributed by atoms with Crippen LogP contribution in [0, 0.1) is 6.92 Å². The second-order valence-electron chi connectivity index (χ2n) is 5.51. The van der Waals surface area contributed by atoms with Gasteiger partial charge in [0.1, 0.15) is 5.75 Å². The van der Waals surface area contributed by atoms with Gasteiger partial charge in [0.2, 0.25) is 0 Å². The van der Waals surface area contributed by atoms with Crippen molar-refractivity contribution in [1.29, 1.82) is 0 Å². The largest absolute Gasteiger partial charge is 0.496 e. The number of carbonyl (C=O) groups is 1. The topological polar surface area (TPSA) is 46.5 Å². The highest BCUT2D eigenvalue weighted by Gasteiger charge is 2.42. The van der Waals surface area contributed by atoms with Crippen molar-refractivity contribution in [3.8, 4) is 5.75 Å². The summed E-state index contributed by atoms with van der Waals surface area (Å²) in [6.45, 7) is 2.00. The number of carboxylic acid groups (broad SMARTS) is 1. The van der Waals surface area contributed by atoms with Crippen molar-refractivity contribution >= 4 is 5.97 Å². The number of aliphatic carboxylic acids is 1. The fraction of sp³-hybridized carbons (Fsp3) is 0.562. The second kappa shape index (κ2) is 5.64. The van der Waals surface area contributed by atoms with E-state index in [9.17, 15) is 9.90 Å². The third-order valence-corrected chi connectivity index (χ3v) is 4.24. The lowest BCUT2D eigenvalue weighted by Crippen LogP contribution is -2.35. The Morgan fingerprint density at radius 2 is 1.84 bits per heavy atom. The highest BCUT2D eigenvalue weighted by molar-refractivity contribution is 5.82. The molecular formula is C16H22O3. The van der Waals surface area contributed by atoms with E-state index in [1.165, 1.54) is 0 Å². The van der Waals surface area contributed by atoms with Gasteiger partial charge < -0.3 is 9.84 Å². The third-order valence-electron chi connectivity index (χ3n) is 4.24. The molecule has 1 aromatic rings. The van der Waals surface area contributed by atoms with Crippen LogP contribution >= 0.6 is 0 Å². The maximum Gasteiger partial charge on any atom is 0.314 e. The van der Waals surface area contributed by atoms with Crippen LogP contribution in [0.5, 0.6) is 5.75 Å². The number of hydrogen-bond acceptors (Lipinski definition) is 2. The van der Waals surface area contributed by atoms with E-state index >= 15 is 0 Å². The molecule has 1 aromatic carbocycles. The van der Waals surface area contributed by atoms with Gasteiger partial charge >= 0.3 is 5.97 Å². The lowest BCUT2D eigenvalue weighted by Gasteiger charge is -2.30. The normalized spacial score (nSPS) is 18.6. The quantitative estimate of drug-likeness (QED) is 0.845. The van der Waals surface area contributed by atoms with Crippen LogP contribution in [0.25, 0.3) is 0 Å². The highest BCUT2D eigenvalue weighted by atomic mass is 16.5. The predicted molar refractivity (Wildman–Crippen MR) is 74.7 cm³/mol. The van der Waals surface area contributed by atoms with Gasteiger partial charge in [-0.25, -0.2) is 0 Å². The molecule has 19 heavy (non-hydrogen) atoms. The summed E-state index contributed by atoms with van der Waals surface area (Å²) in [5.74, 6) is -0.00630. The van der Waals surface area contributed by atoms with Crippen LogP contribution < -0.4 is 4.74 Å². The lowest BCUT2D eigenvalue weighted by molar-refractivity contribution is -0.144. The van der Waals surface area contributed by atoms with Gasteiger partial charge in [0, 0.05) is 5.56 Å². The SMILES string of the molecule is COc1ccc(C)cc1C1(C(=O)O)CCCCCC1. The first kappa shape index (κ1) is 13.9. The molecule has 0 saturated heterocycles. The van der Waals surface area contributed by atoms with Crippen LogP contribution in [0.2, 0.25) is 0 Å². The predicted octanol–water partition coefficient (Wildman–Crippen LogP) is 3.68. The highest BCUT2D eigenvalue weighted by Crippen LogP contribution is 2.43. The Morgan fingerprint density at radius 3 is 2.37 bits per heavy atom. The minimum Gasteiger partial charge on any atom is -0.496 e. The Kier molecular flexibility index (Phi) is 4.13. The summed E-state index contributed by atoms with van der Waals surface area (Å²) in [4.78, 5) is 12.0. The minimum atomic E-state index is -0.770. The van der Waals surface area contributed by atoms with E-state index in [0.717, 1.165) is 36.8 Å². The van der Waals surface area contributed by atoms with Gasteiger partial charge in [0.05, 0.1) is 12.5 Å². The zero-order valence-electron chi connectivity index (χ0n) is 11.7. The molecule has 0 radical (unpaired) electrons. The molecule has 0 unspecified atom stereocenters. The van der Waals surface area contributed by atoms with Crippen molar-refractivity contribution in [1.82, 2.24) is 0 Å². The van der Waals surface area contributed by atoms with Crippen molar-refractivity contribution in [3.05, 3.63) is 29.3 Å². The summed E-state index contributed by atoms with van der Waals surface area (Å²) in [6, 6.07) is 5.84. The van der Waals surface area contributed by atoms with E-state index in [1.54, 1.807) is 7.11 Å². The van der Waals surface area contributed by atoms with E-state index in [0.29, 0.717) is 18.6 Å². The third kappa shape index (κ3) is 2.60. The Hall–Kier alpha value is -1.51. The van der Waals surface area contributed by atoms with E-state index in [4.69, 9.17) is 4.74 Å². The van der Waals surface area contributed by atoms with Crippen molar-refractivity contribution in [2.24, 2.45) is 0 Å². The average Bonchev–Trinajstić information content (AvgIpc) is 2.65. The molecule has 0 amide bonds. The number of ether oxygens (including phenoxy) is 1. The first-order chi connectivity index (χ1) is 9.10. The zero-order chi connectivity index (χ0) is 13.9. The number of hydrogen-bond donors (Lipinski definition) is 1. The number of methoxy groups -OCH3 is 1. The van der Waals surface area contributed by atoms with Crippen molar-refractivity contribution in [2.75, 3.05) is 7.11 Å².